The first-order valence-electron chi connectivity index (χ1n) is 10.4. The van der Waals surface area contributed by atoms with Crippen LogP contribution in [0.1, 0.15) is 50.5 Å². The van der Waals surface area contributed by atoms with Gasteiger partial charge in [0.15, 0.2) is 12.3 Å². The van der Waals surface area contributed by atoms with Crippen molar-refractivity contribution in [3.63, 3.8) is 0 Å². The molecule has 0 N–H and O–H groups in total. The second-order valence-electron chi connectivity index (χ2n) is 7.79. The zero-order chi connectivity index (χ0) is 24.5. The maximum absolute atomic E-state index is 13.1. The molecule has 0 saturated carbocycles. The predicted octanol–water partition coefficient (Wildman–Crippen LogP) is 4.66. The number of benzene rings is 1. The van der Waals surface area contributed by atoms with E-state index in [1.54, 1.807) is 61.2 Å². The van der Waals surface area contributed by atoms with Gasteiger partial charge in [0.2, 0.25) is 5.88 Å². The maximum Gasteiger partial charge on any atom is 0.422 e. The monoisotopic (exact) mass is 471 g/mol. The topological polar surface area (TPSA) is 81.6 Å². The van der Waals surface area contributed by atoms with E-state index in [2.05, 4.69) is 9.97 Å². The largest absolute Gasteiger partial charge is 0.468 e. The Bertz CT molecular complexity index is 1230. The van der Waals surface area contributed by atoms with Crippen LogP contribution in [0.5, 0.6) is 11.6 Å². The lowest BCUT2D eigenvalue weighted by atomic mass is 10.1. The Labute approximate surface area is 193 Å². The van der Waals surface area contributed by atoms with Crippen molar-refractivity contribution in [2.24, 2.45) is 0 Å². The zero-order valence-corrected chi connectivity index (χ0v) is 18.3. The molecule has 3 heterocycles. The molecule has 0 fully saturated rings. The average molecular weight is 471 g/mol. The fourth-order valence-electron chi connectivity index (χ4n) is 3.68. The third-order valence-corrected chi connectivity index (χ3v) is 5.40. The molecule has 0 spiro atoms. The van der Waals surface area contributed by atoms with Gasteiger partial charge in [-0.15, -0.1) is 0 Å². The lowest BCUT2D eigenvalue weighted by Gasteiger charge is -2.25. The Balaban J connectivity index is 1.53. The summed E-state index contributed by atoms with van der Waals surface area (Å²) < 4.78 is 47.4. The molecule has 2 aromatic heterocycles. The van der Waals surface area contributed by atoms with Gasteiger partial charge in [-0.05, 0) is 43.7 Å². The third kappa shape index (κ3) is 4.85. The SMILES string of the molecule is Cc1cc(C(C)N2Cc3c(ccnc3C(=O)Oc3ccccc3)C2=O)cnc1OCC(F)(F)F. The summed E-state index contributed by atoms with van der Waals surface area (Å²) in [5, 5.41) is 0. The summed E-state index contributed by atoms with van der Waals surface area (Å²) in [6.07, 6.45) is -1.71. The number of aromatic nitrogens is 2. The summed E-state index contributed by atoms with van der Waals surface area (Å²) in [5.41, 5.74) is 1.87. The fourth-order valence-corrected chi connectivity index (χ4v) is 3.68. The Morgan fingerprint density at radius 3 is 2.59 bits per heavy atom. The maximum atomic E-state index is 13.1. The first-order valence-corrected chi connectivity index (χ1v) is 10.4. The van der Waals surface area contributed by atoms with Crippen LogP contribution in [0.4, 0.5) is 13.2 Å². The summed E-state index contributed by atoms with van der Waals surface area (Å²) in [4.78, 5) is 35.5. The van der Waals surface area contributed by atoms with E-state index < -0.39 is 24.8 Å². The number of para-hydroxylation sites is 1. The van der Waals surface area contributed by atoms with Crippen LogP contribution in [0.3, 0.4) is 0 Å². The van der Waals surface area contributed by atoms with Gasteiger partial charge in [-0.1, -0.05) is 18.2 Å². The van der Waals surface area contributed by atoms with Crippen LogP contribution in [0.2, 0.25) is 0 Å². The quantitative estimate of drug-likeness (QED) is 0.384. The Morgan fingerprint density at radius 1 is 1.18 bits per heavy atom. The molecule has 7 nitrogen and oxygen atoms in total. The molecule has 1 aliphatic rings. The number of fused-ring (bicyclic) bond motifs is 1. The number of ether oxygens (including phenoxy) is 2. The lowest BCUT2D eigenvalue weighted by molar-refractivity contribution is -0.154. The van der Waals surface area contributed by atoms with Crippen molar-refractivity contribution >= 4 is 11.9 Å². The van der Waals surface area contributed by atoms with E-state index in [0.29, 0.717) is 28.0 Å². The van der Waals surface area contributed by atoms with Crippen LogP contribution in [0, 0.1) is 6.92 Å². The van der Waals surface area contributed by atoms with Crippen molar-refractivity contribution in [2.45, 2.75) is 32.6 Å². The highest BCUT2D eigenvalue weighted by Crippen LogP contribution is 2.33. The number of rotatable bonds is 6. The van der Waals surface area contributed by atoms with Crippen molar-refractivity contribution in [1.29, 1.82) is 0 Å². The van der Waals surface area contributed by atoms with Crippen molar-refractivity contribution in [3.8, 4) is 11.6 Å². The van der Waals surface area contributed by atoms with E-state index in [1.807, 2.05) is 0 Å². The second-order valence-corrected chi connectivity index (χ2v) is 7.79. The molecule has 10 heteroatoms. The van der Waals surface area contributed by atoms with E-state index in [4.69, 9.17) is 9.47 Å². The number of hydrogen-bond acceptors (Lipinski definition) is 6. The van der Waals surface area contributed by atoms with Crippen molar-refractivity contribution in [1.82, 2.24) is 14.9 Å². The predicted molar refractivity (Wildman–Crippen MR) is 114 cm³/mol. The van der Waals surface area contributed by atoms with Gasteiger partial charge in [-0.3, -0.25) is 4.79 Å². The summed E-state index contributed by atoms with van der Waals surface area (Å²) in [6.45, 7) is 2.03. The summed E-state index contributed by atoms with van der Waals surface area (Å²) in [7, 11) is 0. The van der Waals surface area contributed by atoms with Crippen LogP contribution in [-0.2, 0) is 6.54 Å². The van der Waals surface area contributed by atoms with Gasteiger partial charge in [-0.2, -0.15) is 13.2 Å². The van der Waals surface area contributed by atoms with Crippen LogP contribution >= 0.6 is 0 Å². The molecule has 34 heavy (non-hydrogen) atoms. The molecular formula is C24H20F3N3O4. The number of halogens is 3. The lowest BCUT2D eigenvalue weighted by Crippen LogP contribution is -2.27. The number of hydrogen-bond donors (Lipinski definition) is 0. The fraction of sp³-hybridized carbons (Fsp3) is 0.250. The molecular weight excluding hydrogens is 451 g/mol. The Kier molecular flexibility index (Phi) is 6.23. The number of nitrogens with zero attached hydrogens (tertiary/aromatic N) is 3. The van der Waals surface area contributed by atoms with Gasteiger partial charge in [0.05, 0.1) is 6.04 Å². The highest BCUT2D eigenvalue weighted by molar-refractivity contribution is 6.02. The first-order chi connectivity index (χ1) is 16.1. The molecule has 1 aromatic carbocycles. The molecule has 1 unspecified atom stereocenters. The molecule has 0 bridgehead atoms. The molecule has 4 rings (SSSR count). The van der Waals surface area contributed by atoms with E-state index in [1.165, 1.54) is 12.4 Å². The minimum atomic E-state index is -4.47. The van der Waals surface area contributed by atoms with Gasteiger partial charge >= 0.3 is 12.1 Å². The van der Waals surface area contributed by atoms with E-state index >= 15 is 0 Å². The van der Waals surface area contributed by atoms with E-state index in [-0.39, 0.29) is 24.0 Å². The first kappa shape index (κ1) is 23.2. The Morgan fingerprint density at radius 2 is 1.91 bits per heavy atom. The third-order valence-electron chi connectivity index (χ3n) is 5.40. The molecule has 1 aliphatic heterocycles. The molecule has 0 aliphatic carbocycles. The summed E-state index contributed by atoms with van der Waals surface area (Å²) in [6, 6.07) is 11.2. The van der Waals surface area contributed by atoms with Crippen molar-refractivity contribution < 1.29 is 32.2 Å². The highest BCUT2D eigenvalue weighted by atomic mass is 19.4. The molecule has 1 amide bonds. The summed E-state index contributed by atoms with van der Waals surface area (Å²) in [5.74, 6) is -0.738. The number of amides is 1. The Hall–Kier alpha value is -3.95. The molecule has 1 atom stereocenters. The smallest absolute Gasteiger partial charge is 0.422 e. The van der Waals surface area contributed by atoms with E-state index in [9.17, 15) is 22.8 Å². The van der Waals surface area contributed by atoms with Gasteiger partial charge < -0.3 is 14.4 Å². The minimum absolute atomic E-state index is 0.0506. The number of pyridine rings is 2. The van der Waals surface area contributed by atoms with Gasteiger partial charge in [-0.25, -0.2) is 14.8 Å². The normalized spacial score (nSPS) is 14.0. The number of aryl methyl sites for hydroxylation is 1. The van der Waals surface area contributed by atoms with Gasteiger partial charge in [0.1, 0.15) is 5.75 Å². The number of carbonyl (C=O) groups is 2. The standard InChI is InChI=1S/C24H20F3N3O4/c1-14-10-16(11-29-21(14)33-13-24(25,26)27)15(2)30-12-19-18(22(30)31)8-9-28-20(19)23(32)34-17-6-4-3-5-7-17/h3-11,15H,12-13H2,1-2H3. The van der Waals surface area contributed by atoms with Gasteiger partial charge in [0.25, 0.3) is 5.91 Å². The number of alkyl halides is 3. The van der Waals surface area contributed by atoms with Crippen molar-refractivity contribution in [3.05, 3.63) is 82.8 Å². The number of carbonyl (C=O) groups excluding carboxylic acids is 2. The molecule has 0 saturated heterocycles. The molecule has 3 aromatic rings. The van der Waals surface area contributed by atoms with Crippen LogP contribution in [0.25, 0.3) is 0 Å². The summed E-state index contributed by atoms with van der Waals surface area (Å²) >= 11 is 0. The van der Waals surface area contributed by atoms with Crippen LogP contribution in [-0.4, -0.2) is 39.5 Å². The highest BCUT2D eigenvalue weighted by Gasteiger charge is 2.36. The van der Waals surface area contributed by atoms with Crippen LogP contribution < -0.4 is 9.47 Å². The van der Waals surface area contributed by atoms with E-state index in [0.717, 1.165) is 0 Å². The van der Waals surface area contributed by atoms with Crippen molar-refractivity contribution in [2.75, 3.05) is 6.61 Å². The van der Waals surface area contributed by atoms with Gasteiger partial charge in [0, 0.05) is 35.6 Å². The molecule has 176 valence electrons. The zero-order valence-electron chi connectivity index (χ0n) is 18.3. The molecule has 0 radical (unpaired) electrons. The van der Waals surface area contributed by atoms with Crippen LogP contribution in [0.15, 0.2) is 54.9 Å². The minimum Gasteiger partial charge on any atom is -0.468 e. The second kappa shape index (κ2) is 9.12. The average Bonchev–Trinajstić information content (AvgIpc) is 3.14. The number of esters is 1.